The predicted octanol–water partition coefficient (Wildman–Crippen LogP) is -0.275. The summed E-state index contributed by atoms with van der Waals surface area (Å²) in [6, 6.07) is 2.58. The minimum Gasteiger partial charge on any atom is -0.267 e. The zero-order valence-corrected chi connectivity index (χ0v) is 14.9. The number of fused-ring (bicyclic) bond motifs is 2. The fourth-order valence-electron chi connectivity index (χ4n) is 2.82. The van der Waals surface area contributed by atoms with E-state index in [0.29, 0.717) is 28.4 Å². The number of hydrogen-bond donors (Lipinski definition) is 0. The van der Waals surface area contributed by atoms with E-state index in [1.165, 1.54) is 32.6 Å². The Labute approximate surface area is 151 Å². The molecule has 0 saturated heterocycles. The van der Waals surface area contributed by atoms with E-state index in [0.717, 1.165) is 0 Å². The molecule has 0 radical (unpaired) electrons. The normalized spacial score (nSPS) is 12.9. The van der Waals surface area contributed by atoms with Crippen molar-refractivity contribution in [1.29, 1.82) is 0 Å². The van der Waals surface area contributed by atoms with E-state index in [9.17, 15) is 9.59 Å². The summed E-state index contributed by atoms with van der Waals surface area (Å²) in [5, 5.41) is 28.1. The second-order valence-electron chi connectivity index (χ2n) is 6.50. The van der Waals surface area contributed by atoms with Gasteiger partial charge in [-0.1, -0.05) is 10.4 Å². The summed E-state index contributed by atoms with van der Waals surface area (Å²) in [6.07, 6.45) is 1.32. The van der Waals surface area contributed by atoms with Crippen molar-refractivity contribution < 1.29 is 0 Å². The van der Waals surface area contributed by atoms with Crippen LogP contribution in [0.2, 0.25) is 0 Å². The standard InChI is InChI=1S/C15H16N10O2/c1-8(2)24-14(26)10-4-13-11(5-12(10)18-21-24)15(27)25(22-19-13)9(3)6-23-17-7-16-20-23/h4-5,7-9H,6H2,1-3H3/t9-/m1/s1. The number of hydrogen-bond acceptors (Lipinski definition) is 9. The Bertz CT molecular complexity index is 1240. The van der Waals surface area contributed by atoms with Gasteiger partial charge in [0.2, 0.25) is 0 Å². The van der Waals surface area contributed by atoms with Gasteiger partial charge in [-0.2, -0.15) is 4.80 Å². The van der Waals surface area contributed by atoms with Gasteiger partial charge in [0, 0.05) is 0 Å². The van der Waals surface area contributed by atoms with E-state index < -0.39 is 0 Å². The van der Waals surface area contributed by atoms with Crippen molar-refractivity contribution >= 4 is 21.8 Å². The molecular weight excluding hydrogens is 352 g/mol. The molecule has 12 nitrogen and oxygen atoms in total. The van der Waals surface area contributed by atoms with Crippen molar-refractivity contribution in [3.05, 3.63) is 39.2 Å². The van der Waals surface area contributed by atoms with Crippen LogP contribution in [-0.4, -0.2) is 50.2 Å². The number of benzene rings is 1. The van der Waals surface area contributed by atoms with Crippen LogP contribution in [0.15, 0.2) is 28.0 Å². The number of tetrazole rings is 1. The summed E-state index contributed by atoms with van der Waals surface area (Å²) in [5.41, 5.74) is 0.0414. The molecule has 3 aromatic heterocycles. The van der Waals surface area contributed by atoms with Crippen LogP contribution < -0.4 is 11.1 Å². The molecule has 1 aromatic carbocycles. The van der Waals surface area contributed by atoms with Gasteiger partial charge >= 0.3 is 0 Å². The molecule has 0 unspecified atom stereocenters. The molecule has 0 bridgehead atoms. The van der Waals surface area contributed by atoms with Crippen LogP contribution in [0, 0.1) is 0 Å². The topological polar surface area (TPSA) is 139 Å². The zero-order valence-electron chi connectivity index (χ0n) is 14.9. The molecule has 0 amide bonds. The highest BCUT2D eigenvalue weighted by Crippen LogP contribution is 2.15. The van der Waals surface area contributed by atoms with Crippen molar-refractivity contribution in [2.75, 3.05) is 0 Å². The van der Waals surface area contributed by atoms with E-state index in [2.05, 4.69) is 36.0 Å². The summed E-state index contributed by atoms with van der Waals surface area (Å²) >= 11 is 0. The van der Waals surface area contributed by atoms with Crippen LogP contribution in [0.1, 0.15) is 32.9 Å². The Kier molecular flexibility index (Phi) is 3.94. The lowest BCUT2D eigenvalue weighted by atomic mass is 10.2. The van der Waals surface area contributed by atoms with Gasteiger partial charge in [0.05, 0.1) is 29.4 Å². The molecule has 0 saturated carbocycles. The van der Waals surface area contributed by atoms with Crippen molar-refractivity contribution in [3.8, 4) is 0 Å². The molecule has 27 heavy (non-hydrogen) atoms. The van der Waals surface area contributed by atoms with E-state index in [1.807, 2.05) is 13.8 Å². The highest BCUT2D eigenvalue weighted by atomic mass is 16.1. The molecular formula is C15H16N10O2. The third-order valence-corrected chi connectivity index (χ3v) is 4.21. The molecule has 0 N–H and O–H groups in total. The Morgan fingerprint density at radius 2 is 1.48 bits per heavy atom. The molecule has 138 valence electrons. The third kappa shape index (κ3) is 2.84. The second kappa shape index (κ2) is 6.30. The molecule has 1 atom stereocenters. The minimum absolute atomic E-state index is 0.129. The monoisotopic (exact) mass is 368 g/mol. The van der Waals surface area contributed by atoms with Gasteiger partial charge in [0.25, 0.3) is 11.1 Å². The Morgan fingerprint density at radius 1 is 0.889 bits per heavy atom. The smallest absolute Gasteiger partial charge is 0.267 e. The molecule has 3 heterocycles. The maximum absolute atomic E-state index is 12.9. The second-order valence-corrected chi connectivity index (χ2v) is 6.50. The van der Waals surface area contributed by atoms with E-state index >= 15 is 0 Å². The van der Waals surface area contributed by atoms with E-state index in [1.54, 1.807) is 6.92 Å². The van der Waals surface area contributed by atoms with Crippen LogP contribution in [0.4, 0.5) is 0 Å². The summed E-state index contributed by atoms with van der Waals surface area (Å²) in [7, 11) is 0. The molecule has 4 rings (SSSR count). The average Bonchev–Trinajstić information content (AvgIpc) is 3.14. The molecule has 4 aromatic rings. The third-order valence-electron chi connectivity index (χ3n) is 4.21. The summed E-state index contributed by atoms with van der Waals surface area (Å²) in [5.74, 6) is 0. The Hall–Kier alpha value is -3.57. The largest absolute Gasteiger partial charge is 0.277 e. The lowest BCUT2D eigenvalue weighted by Gasteiger charge is -2.12. The van der Waals surface area contributed by atoms with Crippen LogP contribution in [0.5, 0.6) is 0 Å². The summed E-state index contributed by atoms with van der Waals surface area (Å²) < 4.78 is 2.54. The van der Waals surface area contributed by atoms with Gasteiger partial charge in [0.1, 0.15) is 11.0 Å². The number of rotatable bonds is 4. The fourth-order valence-corrected chi connectivity index (χ4v) is 2.82. The summed E-state index contributed by atoms with van der Waals surface area (Å²) in [4.78, 5) is 26.8. The van der Waals surface area contributed by atoms with Crippen LogP contribution in [0.3, 0.4) is 0 Å². The van der Waals surface area contributed by atoms with Crippen molar-refractivity contribution in [3.63, 3.8) is 0 Å². The van der Waals surface area contributed by atoms with Crippen molar-refractivity contribution in [2.45, 2.75) is 39.4 Å². The van der Waals surface area contributed by atoms with E-state index in [-0.39, 0.29) is 23.2 Å². The molecule has 0 spiro atoms. The molecule has 0 aliphatic heterocycles. The van der Waals surface area contributed by atoms with Gasteiger partial charge in [-0.3, -0.25) is 9.59 Å². The quantitative estimate of drug-likeness (QED) is 0.445. The van der Waals surface area contributed by atoms with E-state index in [4.69, 9.17) is 0 Å². The number of aromatic nitrogens is 10. The first-order valence-electron chi connectivity index (χ1n) is 8.35. The highest BCUT2D eigenvalue weighted by Gasteiger charge is 2.16. The Balaban J connectivity index is 1.85. The van der Waals surface area contributed by atoms with Crippen LogP contribution in [-0.2, 0) is 6.54 Å². The minimum atomic E-state index is -0.348. The first-order valence-corrected chi connectivity index (χ1v) is 8.35. The van der Waals surface area contributed by atoms with Gasteiger partial charge in [-0.25, -0.2) is 9.36 Å². The van der Waals surface area contributed by atoms with Gasteiger partial charge < -0.3 is 0 Å². The zero-order chi connectivity index (χ0) is 19.1. The van der Waals surface area contributed by atoms with Crippen LogP contribution in [0.25, 0.3) is 21.8 Å². The maximum atomic E-state index is 12.9. The van der Waals surface area contributed by atoms with Gasteiger partial charge in [0.15, 0.2) is 6.33 Å². The maximum Gasteiger partial charge on any atom is 0.277 e. The highest BCUT2D eigenvalue weighted by molar-refractivity contribution is 5.93. The van der Waals surface area contributed by atoms with Crippen LogP contribution >= 0.6 is 0 Å². The molecule has 0 fully saturated rings. The van der Waals surface area contributed by atoms with Gasteiger partial charge in [-0.15, -0.1) is 20.4 Å². The summed E-state index contributed by atoms with van der Waals surface area (Å²) in [6.45, 7) is 5.79. The fraction of sp³-hybridized carbons (Fsp3) is 0.400. The first-order chi connectivity index (χ1) is 13.0. The van der Waals surface area contributed by atoms with Crippen molar-refractivity contribution in [1.82, 2.24) is 50.2 Å². The lowest BCUT2D eigenvalue weighted by Crippen LogP contribution is -2.30. The average molecular weight is 368 g/mol. The first kappa shape index (κ1) is 16.9. The lowest BCUT2D eigenvalue weighted by molar-refractivity contribution is 0.354. The SMILES string of the molecule is CC(C)n1nnc2cc3c(=O)n([C@H](C)Cn4ncnn4)nnc3cc2c1=O. The molecule has 0 aliphatic rings. The van der Waals surface area contributed by atoms with Crippen molar-refractivity contribution in [2.24, 2.45) is 0 Å². The molecule has 0 aliphatic carbocycles. The number of nitrogens with zero attached hydrogens (tertiary/aromatic N) is 10. The Morgan fingerprint density at radius 3 is 2.04 bits per heavy atom. The predicted molar refractivity (Wildman–Crippen MR) is 94.1 cm³/mol. The molecule has 12 heteroatoms. The van der Waals surface area contributed by atoms with Gasteiger partial charge in [-0.05, 0) is 38.1 Å².